The van der Waals surface area contributed by atoms with Gasteiger partial charge in [-0.15, -0.1) is 0 Å². The predicted molar refractivity (Wildman–Crippen MR) is 184 cm³/mol. The van der Waals surface area contributed by atoms with Crippen LogP contribution in [0.2, 0.25) is 5.02 Å². The van der Waals surface area contributed by atoms with E-state index in [0.29, 0.717) is 54.4 Å². The van der Waals surface area contributed by atoms with Gasteiger partial charge in [-0.25, -0.2) is 4.98 Å². The number of carboxylic acid groups (broad SMARTS) is 1. The molecule has 10 nitrogen and oxygen atoms in total. The number of aromatic nitrogens is 2. The lowest BCUT2D eigenvalue weighted by Crippen LogP contribution is -2.51. The Hall–Kier alpha value is -4.43. The maximum Gasteiger partial charge on any atom is 0.421 e. The summed E-state index contributed by atoms with van der Waals surface area (Å²) in [6, 6.07) is 16.1. The highest BCUT2D eigenvalue weighted by Crippen LogP contribution is 2.46. The Bertz CT molecular complexity index is 1930. The summed E-state index contributed by atoms with van der Waals surface area (Å²) < 4.78 is 59.7. The molecular weight excluding hydrogens is 689 g/mol. The topological polar surface area (TPSA) is 135 Å². The van der Waals surface area contributed by atoms with Gasteiger partial charge in [0, 0.05) is 41.4 Å². The Labute approximate surface area is 297 Å². The lowest BCUT2D eigenvalue weighted by molar-refractivity contribution is -0.140. The highest BCUT2D eigenvalue weighted by Gasteiger charge is 2.39. The number of ether oxygens (including phenoxy) is 3. The van der Waals surface area contributed by atoms with Crippen molar-refractivity contribution in [2.45, 2.75) is 69.6 Å². The van der Waals surface area contributed by atoms with E-state index in [0.717, 1.165) is 33.9 Å². The van der Waals surface area contributed by atoms with Crippen LogP contribution >= 0.6 is 11.6 Å². The number of carboxylic acids is 1. The van der Waals surface area contributed by atoms with Gasteiger partial charge >= 0.3 is 12.1 Å². The van der Waals surface area contributed by atoms with Gasteiger partial charge in [0.15, 0.2) is 0 Å². The summed E-state index contributed by atoms with van der Waals surface area (Å²) in [4.78, 5) is 19.7. The molecule has 270 valence electrons. The van der Waals surface area contributed by atoms with Gasteiger partial charge < -0.3 is 35.1 Å². The van der Waals surface area contributed by atoms with Crippen molar-refractivity contribution >= 4 is 17.6 Å². The first-order valence-electron chi connectivity index (χ1n) is 16.4. The molecular formula is C37H38ClF3N4O6. The molecule has 6 rings (SSSR count). The van der Waals surface area contributed by atoms with Crippen molar-refractivity contribution in [2.24, 2.45) is 0 Å². The third kappa shape index (κ3) is 7.91. The third-order valence-electron chi connectivity index (χ3n) is 9.24. The summed E-state index contributed by atoms with van der Waals surface area (Å²) in [7, 11) is 2.83. The Morgan fingerprint density at radius 2 is 1.65 bits per heavy atom. The minimum atomic E-state index is -4.79. The van der Waals surface area contributed by atoms with Crippen LogP contribution in [0.5, 0.6) is 17.6 Å². The molecule has 4 aromatic rings. The zero-order valence-electron chi connectivity index (χ0n) is 28.2. The fraction of sp³-hybridized carbons (Fsp3) is 0.378. The Kier molecular flexibility index (Phi) is 10.5. The third-order valence-corrected chi connectivity index (χ3v) is 9.64. The van der Waals surface area contributed by atoms with Crippen LogP contribution in [0.1, 0.15) is 60.1 Å². The number of alkyl halides is 3. The van der Waals surface area contributed by atoms with E-state index < -0.39 is 41.8 Å². The second-order valence-corrected chi connectivity index (χ2v) is 13.4. The molecule has 0 aliphatic heterocycles. The molecule has 0 spiro atoms. The summed E-state index contributed by atoms with van der Waals surface area (Å²) in [6.07, 6.45) is -3.23. The van der Waals surface area contributed by atoms with Gasteiger partial charge in [0.25, 0.3) is 0 Å². The van der Waals surface area contributed by atoms with E-state index in [4.69, 9.17) is 35.9 Å². The van der Waals surface area contributed by atoms with Crippen LogP contribution < -0.4 is 24.8 Å². The van der Waals surface area contributed by atoms with Gasteiger partial charge in [-0.2, -0.15) is 18.2 Å². The molecule has 1 atom stereocenters. The zero-order valence-corrected chi connectivity index (χ0v) is 29.0. The second-order valence-electron chi connectivity index (χ2n) is 13.0. The Balaban J connectivity index is 1.26. The average Bonchev–Trinajstić information content (AvgIpc) is 3.49. The number of nitrogens with one attached hydrogen (secondary N) is 2. The minimum Gasteiger partial charge on any atom is -0.481 e. The number of methoxy groups -OCH3 is 2. The molecule has 2 aliphatic rings. The molecule has 0 radical (unpaired) electrons. The molecule has 2 aromatic carbocycles. The largest absolute Gasteiger partial charge is 0.481 e. The van der Waals surface area contributed by atoms with Crippen LogP contribution in [0.15, 0.2) is 54.6 Å². The standard InChI is InChI=1S/C37H38ClF3N4O6/c1-36(48)15-22(16-36)43-18-20-10-12-29(44-33(20)49-2)27-9-5-8-26(32(27)38)23-6-4-7-25-24(23)11-13-30(25)51-35-28(37(39,40)41)14-21(34(45-35)50-3)17-42-19-31(46)47/h4-10,12,14,22,30,42-43,48H,11,13,15-19H2,1-3H3,(H,46,47)/t22?,30-,36?/m0/s1. The highest BCUT2D eigenvalue weighted by molar-refractivity contribution is 6.36. The quantitative estimate of drug-likeness (QED) is 0.117. The first kappa shape index (κ1) is 36.4. The van der Waals surface area contributed by atoms with Crippen LogP contribution in [-0.2, 0) is 30.5 Å². The smallest absolute Gasteiger partial charge is 0.421 e. The van der Waals surface area contributed by atoms with E-state index in [1.165, 1.54) is 7.11 Å². The first-order chi connectivity index (χ1) is 24.3. The fourth-order valence-electron chi connectivity index (χ4n) is 6.82. The zero-order chi connectivity index (χ0) is 36.5. The minimum absolute atomic E-state index is 0.0457. The van der Waals surface area contributed by atoms with Gasteiger partial charge in [0.2, 0.25) is 17.6 Å². The number of aliphatic carboxylic acids is 1. The predicted octanol–water partition coefficient (Wildman–Crippen LogP) is 6.74. The van der Waals surface area contributed by atoms with E-state index >= 15 is 0 Å². The van der Waals surface area contributed by atoms with E-state index in [1.807, 2.05) is 55.5 Å². The number of pyridine rings is 2. The van der Waals surface area contributed by atoms with E-state index in [1.54, 1.807) is 7.11 Å². The van der Waals surface area contributed by atoms with Gasteiger partial charge in [0.1, 0.15) is 11.7 Å². The normalized spacial score (nSPS) is 19.7. The second kappa shape index (κ2) is 14.7. The number of hydrogen-bond donors (Lipinski definition) is 4. The molecule has 4 N–H and O–H groups in total. The van der Waals surface area contributed by atoms with Crippen molar-refractivity contribution in [1.82, 2.24) is 20.6 Å². The Morgan fingerprint density at radius 1 is 0.961 bits per heavy atom. The average molecular weight is 727 g/mol. The van der Waals surface area contributed by atoms with Gasteiger partial charge in [0.05, 0.1) is 37.1 Å². The summed E-state index contributed by atoms with van der Waals surface area (Å²) >= 11 is 7.07. The number of halogens is 4. The summed E-state index contributed by atoms with van der Waals surface area (Å²) in [5.74, 6) is -1.42. The number of rotatable bonds is 13. The molecule has 0 amide bonds. The fourth-order valence-corrected chi connectivity index (χ4v) is 7.14. The number of carbonyl (C=O) groups is 1. The summed E-state index contributed by atoms with van der Waals surface area (Å²) in [5, 5.41) is 25.4. The molecule has 1 fully saturated rings. The molecule has 2 heterocycles. The van der Waals surface area contributed by atoms with Crippen molar-refractivity contribution < 1.29 is 42.4 Å². The number of benzene rings is 2. The van der Waals surface area contributed by atoms with Crippen molar-refractivity contribution in [2.75, 3.05) is 20.8 Å². The van der Waals surface area contributed by atoms with Crippen LogP contribution in [0.3, 0.4) is 0 Å². The first-order valence-corrected chi connectivity index (χ1v) is 16.8. The van der Waals surface area contributed by atoms with Crippen molar-refractivity contribution in [3.05, 3.63) is 87.4 Å². The Morgan fingerprint density at radius 3 is 2.33 bits per heavy atom. The highest BCUT2D eigenvalue weighted by atomic mass is 35.5. The van der Waals surface area contributed by atoms with Gasteiger partial charge in [-0.1, -0.05) is 54.1 Å². The van der Waals surface area contributed by atoms with Crippen molar-refractivity contribution in [3.8, 4) is 40.0 Å². The van der Waals surface area contributed by atoms with Gasteiger partial charge in [-0.05, 0) is 61.4 Å². The molecule has 1 saturated carbocycles. The van der Waals surface area contributed by atoms with Crippen LogP contribution in [0.25, 0.3) is 22.4 Å². The number of aliphatic hydroxyl groups is 1. The van der Waals surface area contributed by atoms with Crippen LogP contribution in [0, 0.1) is 0 Å². The van der Waals surface area contributed by atoms with E-state index in [2.05, 4.69) is 15.6 Å². The SMILES string of the molecule is COc1nc(-c2cccc(-c3cccc4c3CC[C@@H]4Oc3nc(OC)c(CNCC(=O)O)cc3C(F)(F)F)c2Cl)ccc1CNC1CC(C)(O)C1. The lowest BCUT2D eigenvalue weighted by Gasteiger charge is -2.41. The van der Waals surface area contributed by atoms with E-state index in [-0.39, 0.29) is 24.0 Å². The maximum atomic E-state index is 14.3. The molecule has 0 bridgehead atoms. The van der Waals surface area contributed by atoms with E-state index in [9.17, 15) is 23.1 Å². The summed E-state index contributed by atoms with van der Waals surface area (Å²) in [6.45, 7) is 1.71. The molecule has 2 aromatic heterocycles. The molecule has 14 heteroatoms. The number of hydrogen-bond acceptors (Lipinski definition) is 9. The number of nitrogens with zero attached hydrogens (tertiary/aromatic N) is 2. The monoisotopic (exact) mass is 726 g/mol. The lowest BCUT2D eigenvalue weighted by atomic mass is 9.77. The van der Waals surface area contributed by atoms with Crippen LogP contribution in [-0.4, -0.2) is 58.6 Å². The number of fused-ring (bicyclic) bond motifs is 1. The van der Waals surface area contributed by atoms with Crippen molar-refractivity contribution in [3.63, 3.8) is 0 Å². The maximum absolute atomic E-state index is 14.3. The molecule has 0 saturated heterocycles. The van der Waals surface area contributed by atoms with Crippen molar-refractivity contribution in [1.29, 1.82) is 0 Å². The molecule has 2 aliphatic carbocycles. The summed E-state index contributed by atoms with van der Waals surface area (Å²) in [5.41, 5.74) is 3.70. The van der Waals surface area contributed by atoms with Crippen LogP contribution in [0.4, 0.5) is 13.2 Å². The molecule has 0 unspecified atom stereocenters. The molecule has 51 heavy (non-hydrogen) atoms. The van der Waals surface area contributed by atoms with Gasteiger partial charge in [-0.3, -0.25) is 4.79 Å².